The van der Waals surface area contributed by atoms with Crippen molar-refractivity contribution in [1.29, 1.82) is 0 Å². The van der Waals surface area contributed by atoms with Gasteiger partial charge in [-0.1, -0.05) is 41.4 Å². The average Bonchev–Trinajstić information content (AvgIpc) is 2.89. The fraction of sp³-hybridized carbons (Fsp3) is 0.222. The predicted molar refractivity (Wildman–Crippen MR) is 102 cm³/mol. The highest BCUT2D eigenvalue weighted by Crippen LogP contribution is 2.23. The number of imidazole rings is 1. The lowest BCUT2D eigenvalue weighted by molar-refractivity contribution is 0.387. The van der Waals surface area contributed by atoms with Gasteiger partial charge < -0.3 is 9.47 Å². The van der Waals surface area contributed by atoms with Crippen molar-refractivity contribution >= 4 is 46.4 Å². The van der Waals surface area contributed by atoms with Gasteiger partial charge in [-0.2, -0.15) is 0 Å². The molecule has 0 bridgehead atoms. The quantitative estimate of drug-likeness (QED) is 0.620. The van der Waals surface area contributed by atoms with Crippen LogP contribution in [-0.2, 0) is 6.54 Å². The molecule has 0 fully saturated rings. The topological polar surface area (TPSA) is 33.4 Å². The maximum absolute atomic E-state index is 6.21. The van der Waals surface area contributed by atoms with E-state index in [2.05, 4.69) is 39.6 Å². The molecule has 0 radical (unpaired) electrons. The number of halogens is 2. The Morgan fingerprint density at radius 1 is 1.17 bits per heavy atom. The number of aromatic nitrogens is 2. The summed E-state index contributed by atoms with van der Waals surface area (Å²) in [5, 5.41) is 1.18. The van der Waals surface area contributed by atoms with Crippen molar-refractivity contribution in [3.63, 3.8) is 0 Å². The lowest BCUT2D eigenvalue weighted by atomic mass is 10.2. The van der Waals surface area contributed by atoms with E-state index >= 15 is 0 Å². The molecule has 3 rings (SSSR count). The molecule has 124 valence electrons. The van der Waals surface area contributed by atoms with Gasteiger partial charge in [-0.05, 0) is 38.4 Å². The predicted octanol–water partition coefficient (Wildman–Crippen LogP) is 4.66. The van der Waals surface area contributed by atoms with Gasteiger partial charge in [0.25, 0.3) is 0 Å². The summed E-state index contributed by atoms with van der Waals surface area (Å²) in [6.07, 6.45) is 1.73. The molecule has 1 aromatic heterocycles. The molecule has 0 aliphatic rings. The van der Waals surface area contributed by atoms with Crippen LogP contribution in [0.4, 0.5) is 5.95 Å². The van der Waals surface area contributed by atoms with Gasteiger partial charge in [-0.15, -0.1) is 0 Å². The Labute approximate surface area is 151 Å². The molecule has 3 aromatic rings. The summed E-state index contributed by atoms with van der Waals surface area (Å²) in [5.41, 5.74) is 2.83. The van der Waals surface area contributed by atoms with Gasteiger partial charge in [-0.3, -0.25) is 0 Å². The monoisotopic (exact) mass is 360 g/mol. The number of hydrogen-bond donors (Lipinski definition) is 0. The summed E-state index contributed by atoms with van der Waals surface area (Å²) in [5.74, 6) is 0.670. The number of hydrogen-bond acceptors (Lipinski definition) is 3. The van der Waals surface area contributed by atoms with Crippen LogP contribution in [0.25, 0.3) is 11.0 Å². The Hall–Kier alpha value is -1.88. The molecule has 6 heteroatoms. The summed E-state index contributed by atoms with van der Waals surface area (Å²) in [6, 6.07) is 13.4. The Balaban J connectivity index is 1.98. The third kappa shape index (κ3) is 3.78. The molecule has 0 N–H and O–H groups in total. The maximum atomic E-state index is 6.21. The molecular formula is C18H18Cl2N4. The van der Waals surface area contributed by atoms with Crippen LogP contribution in [-0.4, -0.2) is 41.3 Å². The van der Waals surface area contributed by atoms with Crippen LogP contribution in [0.1, 0.15) is 5.56 Å². The average molecular weight is 361 g/mol. The smallest absolute Gasteiger partial charge is 0.230 e. The highest BCUT2D eigenvalue weighted by atomic mass is 35.5. The van der Waals surface area contributed by atoms with Crippen molar-refractivity contribution in [2.75, 3.05) is 20.6 Å². The lowest BCUT2D eigenvalue weighted by Gasteiger charge is -2.11. The molecule has 0 unspecified atom stereocenters. The van der Waals surface area contributed by atoms with Crippen molar-refractivity contribution in [3.05, 3.63) is 58.1 Å². The fourth-order valence-corrected chi connectivity index (χ4v) is 2.87. The Kier molecular flexibility index (Phi) is 5.19. The van der Waals surface area contributed by atoms with E-state index in [-0.39, 0.29) is 0 Å². The Morgan fingerprint density at radius 3 is 2.71 bits per heavy atom. The van der Waals surface area contributed by atoms with Crippen LogP contribution in [0.2, 0.25) is 10.0 Å². The van der Waals surface area contributed by atoms with Gasteiger partial charge in [0.05, 0.1) is 16.1 Å². The normalized spacial score (nSPS) is 11.9. The minimum absolute atomic E-state index is 0.571. The van der Waals surface area contributed by atoms with Crippen molar-refractivity contribution in [2.24, 2.45) is 4.99 Å². The Bertz CT molecular complexity index is 884. The van der Waals surface area contributed by atoms with Crippen molar-refractivity contribution < 1.29 is 0 Å². The third-order valence-electron chi connectivity index (χ3n) is 3.69. The third-order valence-corrected chi connectivity index (χ3v) is 4.25. The zero-order chi connectivity index (χ0) is 17.1. The number of likely N-dealkylation sites (N-methyl/N-ethyl adjacent to an activating group) is 1. The van der Waals surface area contributed by atoms with E-state index in [1.165, 1.54) is 0 Å². The fourth-order valence-electron chi connectivity index (χ4n) is 2.42. The molecule has 4 nitrogen and oxygen atoms in total. The summed E-state index contributed by atoms with van der Waals surface area (Å²) >= 11 is 12.1. The first-order valence-electron chi connectivity index (χ1n) is 7.64. The maximum Gasteiger partial charge on any atom is 0.230 e. The number of fused-ring (bicyclic) bond motifs is 1. The summed E-state index contributed by atoms with van der Waals surface area (Å²) in [6.45, 7) is 1.72. The first kappa shape index (κ1) is 17.0. The van der Waals surface area contributed by atoms with Crippen molar-refractivity contribution in [2.45, 2.75) is 6.54 Å². The second-order valence-electron chi connectivity index (χ2n) is 5.78. The number of benzene rings is 2. The molecule has 0 aliphatic heterocycles. The highest BCUT2D eigenvalue weighted by molar-refractivity contribution is 6.36. The second-order valence-corrected chi connectivity index (χ2v) is 6.62. The minimum atomic E-state index is 0.571. The lowest BCUT2D eigenvalue weighted by Crippen LogP contribution is -2.18. The first-order valence-corrected chi connectivity index (χ1v) is 8.39. The van der Waals surface area contributed by atoms with E-state index in [4.69, 9.17) is 23.2 Å². The van der Waals surface area contributed by atoms with Crippen molar-refractivity contribution in [1.82, 2.24) is 14.5 Å². The molecule has 0 aliphatic carbocycles. The second kappa shape index (κ2) is 7.34. The van der Waals surface area contributed by atoms with Crippen LogP contribution in [0.5, 0.6) is 0 Å². The summed E-state index contributed by atoms with van der Waals surface area (Å²) in [7, 11) is 4.10. The van der Waals surface area contributed by atoms with Gasteiger partial charge >= 0.3 is 0 Å². The minimum Gasteiger partial charge on any atom is -0.308 e. The molecule has 0 spiro atoms. The number of nitrogens with zero attached hydrogens (tertiary/aromatic N) is 4. The number of aliphatic imine (C=N–C) groups is 1. The van der Waals surface area contributed by atoms with Gasteiger partial charge in [0, 0.05) is 29.9 Å². The van der Waals surface area contributed by atoms with Crippen molar-refractivity contribution in [3.8, 4) is 0 Å². The molecule has 2 aromatic carbocycles. The largest absolute Gasteiger partial charge is 0.308 e. The number of rotatable bonds is 5. The molecular weight excluding hydrogens is 343 g/mol. The zero-order valence-corrected chi connectivity index (χ0v) is 15.1. The zero-order valence-electron chi connectivity index (χ0n) is 13.6. The summed E-state index contributed by atoms with van der Waals surface area (Å²) < 4.78 is 2.12. The van der Waals surface area contributed by atoms with Crippen LogP contribution in [0, 0.1) is 0 Å². The highest BCUT2D eigenvalue weighted by Gasteiger charge is 2.09. The van der Waals surface area contributed by atoms with E-state index in [9.17, 15) is 0 Å². The Morgan fingerprint density at radius 2 is 1.96 bits per heavy atom. The molecule has 0 saturated heterocycles. The molecule has 0 amide bonds. The van der Waals surface area contributed by atoms with Gasteiger partial charge in [-0.25, -0.2) is 9.98 Å². The van der Waals surface area contributed by atoms with Crippen LogP contribution in [0.15, 0.2) is 47.5 Å². The van der Waals surface area contributed by atoms with Gasteiger partial charge in [0.1, 0.15) is 0 Å². The van der Waals surface area contributed by atoms with E-state index in [1.54, 1.807) is 18.3 Å². The van der Waals surface area contributed by atoms with Gasteiger partial charge in [0.2, 0.25) is 5.95 Å². The van der Waals surface area contributed by atoms with E-state index in [1.807, 2.05) is 24.3 Å². The van der Waals surface area contributed by atoms with E-state index in [0.29, 0.717) is 16.0 Å². The van der Waals surface area contributed by atoms with E-state index < -0.39 is 0 Å². The van der Waals surface area contributed by atoms with E-state index in [0.717, 1.165) is 29.7 Å². The number of para-hydroxylation sites is 2. The first-order chi connectivity index (χ1) is 11.5. The SMILES string of the molecule is CN(C)CCn1c(N=Cc2ccc(Cl)cc2Cl)nc2ccccc21. The molecule has 0 saturated carbocycles. The van der Waals surface area contributed by atoms with Crippen LogP contribution in [0.3, 0.4) is 0 Å². The van der Waals surface area contributed by atoms with Gasteiger partial charge in [0.15, 0.2) is 0 Å². The van der Waals surface area contributed by atoms with Crippen LogP contribution >= 0.6 is 23.2 Å². The molecule has 24 heavy (non-hydrogen) atoms. The molecule has 0 atom stereocenters. The van der Waals surface area contributed by atoms with Crippen LogP contribution < -0.4 is 0 Å². The standard InChI is InChI=1S/C18H18Cl2N4/c1-23(2)9-10-24-17-6-4-3-5-16(17)22-18(24)21-12-13-7-8-14(19)11-15(13)20/h3-8,11-12H,9-10H2,1-2H3. The molecule has 1 heterocycles. The summed E-state index contributed by atoms with van der Waals surface area (Å²) in [4.78, 5) is 11.3.